The Bertz CT molecular complexity index is 190. The second-order valence-corrected chi connectivity index (χ2v) is 6.60. The highest BCUT2D eigenvalue weighted by Gasteiger charge is 2.33. The van der Waals surface area contributed by atoms with Crippen LogP contribution < -0.4 is 0 Å². The van der Waals surface area contributed by atoms with Crippen LogP contribution in [0.5, 0.6) is 0 Å². The fraction of sp³-hybridized carbons (Fsp3) is 1.00. The van der Waals surface area contributed by atoms with Crippen molar-refractivity contribution in [3.05, 3.63) is 0 Å². The van der Waals surface area contributed by atoms with E-state index in [2.05, 4.69) is 20.8 Å². The number of hydrogen-bond acceptors (Lipinski definition) is 1. The maximum Gasteiger partial charge on any atom is 0.0594 e. The molecule has 1 N–H and O–H groups in total. The Morgan fingerprint density at radius 2 is 1.87 bits per heavy atom. The van der Waals surface area contributed by atoms with E-state index < -0.39 is 5.60 Å². The highest BCUT2D eigenvalue weighted by molar-refractivity contribution is 4.84. The van der Waals surface area contributed by atoms with Gasteiger partial charge in [0, 0.05) is 0 Å². The van der Waals surface area contributed by atoms with Gasteiger partial charge in [-0.2, -0.15) is 0 Å². The average Bonchev–Trinajstić information content (AvgIpc) is 1.99. The normalized spacial score (nSPS) is 33.4. The molecule has 1 rings (SSSR count). The molecule has 0 aromatic carbocycles. The van der Waals surface area contributed by atoms with E-state index in [0.717, 1.165) is 30.1 Å². The number of rotatable bonds is 3. The van der Waals surface area contributed by atoms with Gasteiger partial charge in [-0.25, -0.2) is 0 Å². The lowest BCUT2D eigenvalue weighted by Gasteiger charge is -2.40. The monoisotopic (exact) mass is 212 g/mol. The van der Waals surface area contributed by atoms with Gasteiger partial charge in [-0.15, -0.1) is 0 Å². The van der Waals surface area contributed by atoms with Crippen LogP contribution in [0.4, 0.5) is 0 Å². The van der Waals surface area contributed by atoms with Crippen molar-refractivity contribution in [2.45, 2.75) is 65.9 Å². The second-order valence-electron chi connectivity index (χ2n) is 6.60. The molecular weight excluding hydrogens is 184 g/mol. The van der Waals surface area contributed by atoms with E-state index in [1.807, 2.05) is 13.8 Å². The molecule has 0 spiro atoms. The molecule has 1 saturated carbocycles. The van der Waals surface area contributed by atoms with Crippen LogP contribution in [0.15, 0.2) is 0 Å². The molecule has 0 heterocycles. The van der Waals surface area contributed by atoms with Crippen LogP contribution in [0.1, 0.15) is 60.3 Å². The predicted octanol–water partition coefficient (Wildman–Crippen LogP) is 3.86. The Balaban J connectivity index is 2.62. The molecule has 0 aliphatic heterocycles. The maximum atomic E-state index is 9.96. The van der Waals surface area contributed by atoms with Gasteiger partial charge in [0.1, 0.15) is 0 Å². The van der Waals surface area contributed by atoms with Crippen molar-refractivity contribution in [3.8, 4) is 0 Å². The van der Waals surface area contributed by atoms with Gasteiger partial charge < -0.3 is 5.11 Å². The SMILES string of the molecule is CC1CCC(C(C)C)C(CC(C)(C)O)C1. The zero-order valence-electron chi connectivity index (χ0n) is 11.1. The lowest BCUT2D eigenvalue weighted by molar-refractivity contribution is 0.0160. The van der Waals surface area contributed by atoms with Crippen LogP contribution in [0.3, 0.4) is 0 Å². The zero-order valence-corrected chi connectivity index (χ0v) is 11.1. The summed E-state index contributed by atoms with van der Waals surface area (Å²) in [6.45, 7) is 10.9. The first-order valence-electron chi connectivity index (χ1n) is 6.52. The smallest absolute Gasteiger partial charge is 0.0594 e. The summed E-state index contributed by atoms with van der Waals surface area (Å²) in [5.41, 5.74) is -0.491. The van der Waals surface area contributed by atoms with Gasteiger partial charge in [0.25, 0.3) is 0 Å². The van der Waals surface area contributed by atoms with Crippen molar-refractivity contribution in [1.82, 2.24) is 0 Å². The first-order chi connectivity index (χ1) is 6.79. The number of aliphatic hydroxyl groups is 1. The van der Waals surface area contributed by atoms with E-state index in [-0.39, 0.29) is 0 Å². The molecule has 1 heteroatoms. The fourth-order valence-corrected chi connectivity index (χ4v) is 3.28. The Morgan fingerprint density at radius 3 is 2.33 bits per heavy atom. The molecule has 1 nitrogen and oxygen atoms in total. The zero-order chi connectivity index (χ0) is 11.6. The molecule has 90 valence electrons. The Morgan fingerprint density at radius 1 is 1.27 bits per heavy atom. The van der Waals surface area contributed by atoms with Crippen molar-refractivity contribution < 1.29 is 5.11 Å². The summed E-state index contributed by atoms with van der Waals surface area (Å²) in [5.74, 6) is 3.18. The quantitative estimate of drug-likeness (QED) is 0.753. The minimum atomic E-state index is -0.491. The minimum Gasteiger partial charge on any atom is -0.390 e. The van der Waals surface area contributed by atoms with Crippen LogP contribution in [0.25, 0.3) is 0 Å². The average molecular weight is 212 g/mol. The van der Waals surface area contributed by atoms with Crippen LogP contribution in [-0.4, -0.2) is 10.7 Å². The summed E-state index contributed by atoms with van der Waals surface area (Å²) in [6.07, 6.45) is 5.03. The molecule has 0 saturated heterocycles. The van der Waals surface area contributed by atoms with E-state index in [1.54, 1.807) is 0 Å². The van der Waals surface area contributed by atoms with E-state index in [4.69, 9.17) is 0 Å². The standard InChI is InChI=1S/C14H28O/c1-10(2)13-7-6-11(3)8-12(13)9-14(4,5)15/h10-13,15H,6-9H2,1-5H3. The molecular formula is C14H28O. The summed E-state index contributed by atoms with van der Waals surface area (Å²) in [4.78, 5) is 0. The molecule has 1 aliphatic carbocycles. The van der Waals surface area contributed by atoms with Gasteiger partial charge in [-0.05, 0) is 56.8 Å². The lowest BCUT2D eigenvalue weighted by Crippen LogP contribution is -2.33. The summed E-state index contributed by atoms with van der Waals surface area (Å²) in [5, 5.41) is 9.96. The molecule has 3 unspecified atom stereocenters. The van der Waals surface area contributed by atoms with Gasteiger partial charge in [0.05, 0.1) is 5.60 Å². The van der Waals surface area contributed by atoms with Crippen molar-refractivity contribution in [2.75, 3.05) is 0 Å². The Hall–Kier alpha value is -0.0400. The highest BCUT2D eigenvalue weighted by Crippen LogP contribution is 2.41. The first kappa shape index (κ1) is 13.0. The van der Waals surface area contributed by atoms with E-state index in [0.29, 0.717) is 0 Å². The molecule has 0 radical (unpaired) electrons. The predicted molar refractivity (Wildman–Crippen MR) is 65.7 cm³/mol. The maximum absolute atomic E-state index is 9.96. The van der Waals surface area contributed by atoms with Gasteiger partial charge >= 0.3 is 0 Å². The van der Waals surface area contributed by atoms with Crippen molar-refractivity contribution in [2.24, 2.45) is 23.7 Å². The summed E-state index contributed by atoms with van der Waals surface area (Å²) < 4.78 is 0. The van der Waals surface area contributed by atoms with Gasteiger partial charge in [-0.1, -0.05) is 27.2 Å². The van der Waals surface area contributed by atoms with Gasteiger partial charge in [0.2, 0.25) is 0 Å². The summed E-state index contributed by atoms with van der Waals surface area (Å²) >= 11 is 0. The topological polar surface area (TPSA) is 20.2 Å². The molecule has 0 amide bonds. The van der Waals surface area contributed by atoms with Crippen molar-refractivity contribution in [3.63, 3.8) is 0 Å². The van der Waals surface area contributed by atoms with Crippen molar-refractivity contribution >= 4 is 0 Å². The van der Waals surface area contributed by atoms with Gasteiger partial charge in [0.15, 0.2) is 0 Å². The van der Waals surface area contributed by atoms with Crippen molar-refractivity contribution in [1.29, 1.82) is 0 Å². The van der Waals surface area contributed by atoms with Crippen LogP contribution in [-0.2, 0) is 0 Å². The third-order valence-electron chi connectivity index (χ3n) is 3.92. The molecule has 0 aromatic rings. The molecule has 1 aliphatic rings. The highest BCUT2D eigenvalue weighted by atomic mass is 16.3. The Kier molecular flexibility index (Phi) is 4.22. The first-order valence-corrected chi connectivity index (χ1v) is 6.52. The second kappa shape index (κ2) is 4.86. The lowest BCUT2D eigenvalue weighted by atomic mass is 9.67. The minimum absolute atomic E-state index is 0.491. The summed E-state index contributed by atoms with van der Waals surface area (Å²) in [7, 11) is 0. The van der Waals surface area contributed by atoms with Crippen LogP contribution >= 0.6 is 0 Å². The third kappa shape index (κ3) is 4.14. The van der Waals surface area contributed by atoms with E-state index >= 15 is 0 Å². The molecule has 0 bridgehead atoms. The molecule has 0 aromatic heterocycles. The number of hydrogen-bond donors (Lipinski definition) is 1. The fourth-order valence-electron chi connectivity index (χ4n) is 3.28. The molecule has 1 fully saturated rings. The van der Waals surface area contributed by atoms with Crippen LogP contribution in [0.2, 0.25) is 0 Å². The summed E-state index contributed by atoms with van der Waals surface area (Å²) in [6, 6.07) is 0. The van der Waals surface area contributed by atoms with Crippen LogP contribution in [0, 0.1) is 23.7 Å². The van der Waals surface area contributed by atoms with Gasteiger partial charge in [-0.3, -0.25) is 0 Å². The molecule has 15 heavy (non-hydrogen) atoms. The third-order valence-corrected chi connectivity index (χ3v) is 3.92. The Labute approximate surface area is 95.3 Å². The largest absolute Gasteiger partial charge is 0.390 e. The van der Waals surface area contributed by atoms with E-state index in [1.165, 1.54) is 19.3 Å². The molecule has 3 atom stereocenters. The van der Waals surface area contributed by atoms with E-state index in [9.17, 15) is 5.11 Å².